The topological polar surface area (TPSA) is 20.3 Å². The van der Waals surface area contributed by atoms with E-state index in [0.29, 0.717) is 0 Å². The molecule has 0 aliphatic heterocycles. The fourth-order valence-electron chi connectivity index (χ4n) is 1.49. The summed E-state index contributed by atoms with van der Waals surface area (Å²) >= 11 is 0. The highest BCUT2D eigenvalue weighted by Gasteiger charge is 2.09. The highest BCUT2D eigenvalue weighted by Crippen LogP contribution is 2.00. The molecule has 0 rings (SSSR count). The standard InChI is InChI=1S/C14H25NO/c1-5-6-7-8-9-10-11-12-15(13(2)3)14(4)16/h6-7,10-11,13H,5,8-9,12H2,1-4H3/b7-6-,11-10+. The van der Waals surface area contributed by atoms with E-state index in [0.717, 1.165) is 25.8 Å². The fraction of sp³-hybridized carbons (Fsp3) is 0.643. The smallest absolute Gasteiger partial charge is 0.219 e. The average molecular weight is 223 g/mol. The molecule has 0 saturated heterocycles. The van der Waals surface area contributed by atoms with Crippen molar-refractivity contribution in [1.82, 2.24) is 4.90 Å². The zero-order valence-electron chi connectivity index (χ0n) is 11.1. The maximum Gasteiger partial charge on any atom is 0.219 e. The minimum Gasteiger partial charge on any atom is -0.337 e. The number of carbonyl (C=O) groups excluding carboxylic acids is 1. The molecule has 0 fully saturated rings. The van der Waals surface area contributed by atoms with Gasteiger partial charge in [0.2, 0.25) is 5.91 Å². The van der Waals surface area contributed by atoms with Gasteiger partial charge in [-0.15, -0.1) is 0 Å². The first-order valence-electron chi connectivity index (χ1n) is 6.16. The molecular formula is C14H25NO. The molecule has 0 heterocycles. The zero-order valence-corrected chi connectivity index (χ0v) is 11.1. The molecule has 0 N–H and O–H groups in total. The Balaban J connectivity index is 3.80. The van der Waals surface area contributed by atoms with Gasteiger partial charge in [-0.05, 0) is 33.1 Å². The molecule has 0 radical (unpaired) electrons. The molecule has 0 aromatic rings. The lowest BCUT2D eigenvalue weighted by molar-refractivity contribution is -0.129. The summed E-state index contributed by atoms with van der Waals surface area (Å²) in [6, 6.07) is 0.280. The van der Waals surface area contributed by atoms with E-state index in [1.54, 1.807) is 6.92 Å². The third-order valence-corrected chi connectivity index (χ3v) is 2.40. The molecule has 2 heteroatoms. The SMILES string of the molecule is CC/C=C\CC/C=C/CN(C(C)=O)C(C)C. The van der Waals surface area contributed by atoms with E-state index in [1.165, 1.54) is 0 Å². The van der Waals surface area contributed by atoms with E-state index in [1.807, 2.05) is 18.7 Å². The number of allylic oxidation sites excluding steroid dienone is 3. The normalized spacial score (nSPS) is 11.8. The molecule has 16 heavy (non-hydrogen) atoms. The van der Waals surface area contributed by atoms with Gasteiger partial charge in [-0.1, -0.05) is 31.2 Å². The first kappa shape index (κ1) is 14.9. The highest BCUT2D eigenvalue weighted by atomic mass is 16.2. The molecule has 1 amide bonds. The predicted octanol–water partition coefficient (Wildman–Crippen LogP) is 3.55. The van der Waals surface area contributed by atoms with Crippen LogP contribution in [0, 0.1) is 0 Å². The Morgan fingerprint density at radius 1 is 1.12 bits per heavy atom. The number of unbranched alkanes of at least 4 members (excludes halogenated alkanes) is 1. The summed E-state index contributed by atoms with van der Waals surface area (Å²) in [4.78, 5) is 13.1. The second kappa shape index (κ2) is 9.20. The van der Waals surface area contributed by atoms with Gasteiger partial charge >= 0.3 is 0 Å². The minimum atomic E-state index is 0.144. The van der Waals surface area contributed by atoms with Crippen LogP contribution in [0.2, 0.25) is 0 Å². The van der Waals surface area contributed by atoms with Crippen molar-refractivity contribution in [3.8, 4) is 0 Å². The summed E-state index contributed by atoms with van der Waals surface area (Å²) in [6.45, 7) is 8.57. The number of nitrogens with zero attached hydrogens (tertiary/aromatic N) is 1. The van der Waals surface area contributed by atoms with Crippen LogP contribution >= 0.6 is 0 Å². The van der Waals surface area contributed by atoms with Crippen molar-refractivity contribution in [2.75, 3.05) is 6.54 Å². The highest BCUT2D eigenvalue weighted by molar-refractivity contribution is 5.73. The molecule has 0 aliphatic rings. The fourth-order valence-corrected chi connectivity index (χ4v) is 1.49. The Kier molecular flexibility index (Phi) is 8.59. The molecule has 0 unspecified atom stereocenters. The van der Waals surface area contributed by atoms with E-state index in [-0.39, 0.29) is 11.9 Å². The van der Waals surface area contributed by atoms with E-state index < -0.39 is 0 Å². The van der Waals surface area contributed by atoms with Crippen LogP contribution in [0.3, 0.4) is 0 Å². The van der Waals surface area contributed by atoms with Crippen LogP contribution in [0.25, 0.3) is 0 Å². The van der Waals surface area contributed by atoms with Gasteiger partial charge in [-0.3, -0.25) is 4.79 Å². The number of carbonyl (C=O) groups is 1. The minimum absolute atomic E-state index is 0.144. The first-order valence-corrected chi connectivity index (χ1v) is 6.16. The van der Waals surface area contributed by atoms with Gasteiger partial charge in [0.05, 0.1) is 0 Å². The number of amides is 1. The zero-order chi connectivity index (χ0) is 12.4. The van der Waals surface area contributed by atoms with Crippen LogP contribution < -0.4 is 0 Å². The summed E-state index contributed by atoms with van der Waals surface area (Å²) in [5.74, 6) is 0.144. The Bertz CT molecular complexity index is 241. The molecule has 0 saturated carbocycles. The maximum absolute atomic E-state index is 11.3. The summed E-state index contributed by atoms with van der Waals surface area (Å²) in [6.07, 6.45) is 11.9. The van der Waals surface area contributed by atoms with E-state index >= 15 is 0 Å². The van der Waals surface area contributed by atoms with Gasteiger partial charge in [0.1, 0.15) is 0 Å². The second-order valence-electron chi connectivity index (χ2n) is 4.19. The Morgan fingerprint density at radius 2 is 1.69 bits per heavy atom. The van der Waals surface area contributed by atoms with Crippen molar-refractivity contribution >= 4 is 5.91 Å². The molecule has 0 bridgehead atoms. The summed E-state index contributed by atoms with van der Waals surface area (Å²) in [5.41, 5.74) is 0. The molecule has 0 aromatic heterocycles. The Morgan fingerprint density at radius 3 is 2.12 bits per heavy atom. The van der Waals surface area contributed by atoms with Crippen LogP contribution in [0.5, 0.6) is 0 Å². The van der Waals surface area contributed by atoms with Crippen molar-refractivity contribution in [3.63, 3.8) is 0 Å². The largest absolute Gasteiger partial charge is 0.337 e. The van der Waals surface area contributed by atoms with Crippen molar-refractivity contribution in [1.29, 1.82) is 0 Å². The van der Waals surface area contributed by atoms with Gasteiger partial charge in [0, 0.05) is 19.5 Å². The Hall–Kier alpha value is -1.05. The van der Waals surface area contributed by atoms with Crippen LogP contribution in [-0.2, 0) is 4.79 Å². The van der Waals surface area contributed by atoms with Gasteiger partial charge in [-0.25, -0.2) is 0 Å². The van der Waals surface area contributed by atoms with Crippen molar-refractivity contribution in [2.24, 2.45) is 0 Å². The monoisotopic (exact) mass is 223 g/mol. The molecule has 2 nitrogen and oxygen atoms in total. The van der Waals surface area contributed by atoms with Crippen LogP contribution in [0.15, 0.2) is 24.3 Å². The number of hydrogen-bond donors (Lipinski definition) is 0. The van der Waals surface area contributed by atoms with Gasteiger partial charge < -0.3 is 4.90 Å². The molecule has 0 atom stereocenters. The lowest BCUT2D eigenvalue weighted by Gasteiger charge is -2.23. The third-order valence-electron chi connectivity index (χ3n) is 2.40. The molecule has 92 valence electrons. The quantitative estimate of drug-likeness (QED) is 0.477. The summed E-state index contributed by atoms with van der Waals surface area (Å²) in [7, 11) is 0. The molecular weight excluding hydrogens is 198 g/mol. The second-order valence-corrected chi connectivity index (χ2v) is 4.19. The van der Waals surface area contributed by atoms with Gasteiger partial charge in [0.25, 0.3) is 0 Å². The number of rotatable bonds is 7. The lowest BCUT2D eigenvalue weighted by atomic mass is 10.2. The van der Waals surface area contributed by atoms with Crippen LogP contribution in [-0.4, -0.2) is 23.4 Å². The summed E-state index contributed by atoms with van der Waals surface area (Å²) < 4.78 is 0. The van der Waals surface area contributed by atoms with Crippen LogP contribution in [0.1, 0.15) is 47.0 Å². The van der Waals surface area contributed by atoms with E-state index in [4.69, 9.17) is 0 Å². The Labute approximate surface area is 100 Å². The van der Waals surface area contributed by atoms with Crippen LogP contribution in [0.4, 0.5) is 0 Å². The maximum atomic E-state index is 11.3. The molecule has 0 aromatic carbocycles. The van der Waals surface area contributed by atoms with Crippen molar-refractivity contribution < 1.29 is 4.79 Å². The van der Waals surface area contributed by atoms with Crippen molar-refractivity contribution in [2.45, 2.75) is 53.0 Å². The molecule has 0 aliphatic carbocycles. The van der Waals surface area contributed by atoms with Crippen molar-refractivity contribution in [3.05, 3.63) is 24.3 Å². The summed E-state index contributed by atoms with van der Waals surface area (Å²) in [5, 5.41) is 0. The predicted molar refractivity (Wildman–Crippen MR) is 70.3 cm³/mol. The first-order chi connectivity index (χ1) is 7.59. The third kappa shape index (κ3) is 7.27. The number of hydrogen-bond acceptors (Lipinski definition) is 1. The lowest BCUT2D eigenvalue weighted by Crippen LogP contribution is -2.35. The molecule has 0 spiro atoms. The average Bonchev–Trinajstić information content (AvgIpc) is 2.21. The van der Waals surface area contributed by atoms with Gasteiger partial charge in [0.15, 0.2) is 0 Å². The van der Waals surface area contributed by atoms with Gasteiger partial charge in [-0.2, -0.15) is 0 Å². The van der Waals surface area contributed by atoms with E-state index in [2.05, 4.69) is 31.2 Å². The van der Waals surface area contributed by atoms with E-state index in [9.17, 15) is 4.79 Å².